The molecule has 2 saturated heterocycles. The van der Waals surface area contributed by atoms with E-state index in [2.05, 4.69) is 4.98 Å². The minimum Gasteiger partial charge on any atom is -0.370 e. The van der Waals surface area contributed by atoms with Crippen molar-refractivity contribution in [3.05, 3.63) is 69.0 Å². The largest absolute Gasteiger partial charge is 0.370 e. The van der Waals surface area contributed by atoms with Gasteiger partial charge in [0.05, 0.1) is 25.4 Å². The number of benzene rings is 1. The molecule has 0 amide bonds. The van der Waals surface area contributed by atoms with Crippen molar-refractivity contribution in [3.8, 4) is 0 Å². The summed E-state index contributed by atoms with van der Waals surface area (Å²) >= 11 is 0. The smallest absolute Gasteiger partial charge is 0.330 e. The van der Waals surface area contributed by atoms with Crippen molar-refractivity contribution in [3.63, 3.8) is 0 Å². The van der Waals surface area contributed by atoms with Gasteiger partial charge in [-0.2, -0.15) is 0 Å². The molecule has 1 aromatic carbocycles. The number of H-pyrrole nitrogens is 1. The molecule has 2 aliphatic rings. The van der Waals surface area contributed by atoms with E-state index in [0.29, 0.717) is 25.2 Å². The summed E-state index contributed by atoms with van der Waals surface area (Å²) in [5, 5.41) is 0. The Labute approximate surface area is 194 Å². The molecule has 5 atom stereocenters. The highest BCUT2D eigenvalue weighted by molar-refractivity contribution is 8.76. The van der Waals surface area contributed by atoms with Crippen LogP contribution in [0.25, 0.3) is 0 Å². The van der Waals surface area contributed by atoms with Crippen LogP contribution in [0.3, 0.4) is 0 Å². The van der Waals surface area contributed by atoms with Crippen LogP contribution < -0.4 is 11.2 Å². The van der Waals surface area contributed by atoms with E-state index in [1.54, 1.807) is 21.6 Å². The van der Waals surface area contributed by atoms with Crippen molar-refractivity contribution in [1.82, 2.24) is 9.55 Å². The number of hydrogen-bond donors (Lipinski definition) is 2. The predicted molar refractivity (Wildman–Crippen MR) is 124 cm³/mol. The van der Waals surface area contributed by atoms with Gasteiger partial charge in [-0.3, -0.25) is 14.3 Å². The molecular formula is C20H25N2O7PS2. The quantitative estimate of drug-likeness (QED) is 0.396. The fraction of sp³-hybridized carbons (Fsp3) is 0.500. The SMILES string of the molecule is O=c1ccn(C2CCC(COP(O)OC3CSSCC3OCc3ccccc3)O2)c(=O)[nH]1. The number of aromatic nitrogens is 2. The van der Waals surface area contributed by atoms with Crippen LogP contribution in [0.5, 0.6) is 0 Å². The minimum atomic E-state index is -2.09. The van der Waals surface area contributed by atoms with E-state index in [9.17, 15) is 14.5 Å². The molecule has 12 heteroatoms. The summed E-state index contributed by atoms with van der Waals surface area (Å²) in [5.41, 5.74) is 0.134. The summed E-state index contributed by atoms with van der Waals surface area (Å²) in [6.45, 7) is 0.642. The van der Waals surface area contributed by atoms with Crippen molar-refractivity contribution in [2.24, 2.45) is 0 Å². The van der Waals surface area contributed by atoms with E-state index < -0.39 is 26.1 Å². The lowest BCUT2D eigenvalue weighted by molar-refractivity contribution is -0.0345. The fourth-order valence-electron chi connectivity index (χ4n) is 3.44. The van der Waals surface area contributed by atoms with Gasteiger partial charge in [-0.05, 0) is 18.4 Å². The molecule has 0 bridgehead atoms. The van der Waals surface area contributed by atoms with Gasteiger partial charge in [0.2, 0.25) is 0 Å². The molecule has 2 N–H and O–H groups in total. The van der Waals surface area contributed by atoms with E-state index in [-0.39, 0.29) is 24.9 Å². The van der Waals surface area contributed by atoms with Crippen molar-refractivity contribution >= 4 is 30.2 Å². The molecule has 1 aromatic heterocycles. The Morgan fingerprint density at radius 3 is 2.69 bits per heavy atom. The summed E-state index contributed by atoms with van der Waals surface area (Å²) < 4.78 is 24.6. The normalized spacial score (nSPS) is 26.8. The Hall–Kier alpha value is -1.17. The zero-order valence-corrected chi connectivity index (χ0v) is 19.7. The third-order valence-electron chi connectivity index (χ3n) is 5.11. The first-order valence-corrected chi connectivity index (χ1v) is 13.9. The Morgan fingerprint density at radius 2 is 1.91 bits per heavy atom. The van der Waals surface area contributed by atoms with Gasteiger partial charge in [-0.1, -0.05) is 51.9 Å². The molecule has 4 rings (SSSR count). The van der Waals surface area contributed by atoms with Crippen molar-refractivity contribution in [1.29, 1.82) is 0 Å². The van der Waals surface area contributed by atoms with E-state index >= 15 is 0 Å². The summed E-state index contributed by atoms with van der Waals surface area (Å²) in [6.07, 6.45) is 1.54. The van der Waals surface area contributed by atoms with Crippen LogP contribution in [-0.4, -0.2) is 50.9 Å². The first-order valence-electron chi connectivity index (χ1n) is 10.2. The zero-order valence-electron chi connectivity index (χ0n) is 17.2. The maximum Gasteiger partial charge on any atom is 0.330 e. The van der Waals surface area contributed by atoms with Gasteiger partial charge in [0.1, 0.15) is 12.3 Å². The van der Waals surface area contributed by atoms with E-state index in [1.165, 1.54) is 16.8 Å². The van der Waals surface area contributed by atoms with Gasteiger partial charge in [-0.15, -0.1) is 0 Å². The van der Waals surface area contributed by atoms with Crippen molar-refractivity contribution in [2.75, 3.05) is 18.1 Å². The molecule has 5 unspecified atom stereocenters. The number of aromatic amines is 1. The van der Waals surface area contributed by atoms with Crippen LogP contribution in [0.2, 0.25) is 0 Å². The molecular weight excluding hydrogens is 475 g/mol. The molecule has 2 aliphatic heterocycles. The molecule has 174 valence electrons. The Morgan fingerprint density at radius 1 is 1.12 bits per heavy atom. The second-order valence-corrected chi connectivity index (χ2v) is 10.9. The summed E-state index contributed by atoms with van der Waals surface area (Å²) in [5.74, 6) is 1.47. The van der Waals surface area contributed by atoms with Gasteiger partial charge in [-0.25, -0.2) is 4.79 Å². The Bertz CT molecular complexity index is 976. The topological polar surface area (TPSA) is 112 Å². The highest BCUT2D eigenvalue weighted by atomic mass is 33.1. The predicted octanol–water partition coefficient (Wildman–Crippen LogP) is 2.82. The summed E-state index contributed by atoms with van der Waals surface area (Å²) in [7, 11) is 1.33. The van der Waals surface area contributed by atoms with Crippen LogP contribution in [-0.2, 0) is 25.1 Å². The van der Waals surface area contributed by atoms with Crippen molar-refractivity contribution in [2.45, 2.75) is 44.0 Å². The monoisotopic (exact) mass is 500 g/mol. The van der Waals surface area contributed by atoms with Crippen LogP contribution in [0.4, 0.5) is 0 Å². The average Bonchev–Trinajstić information content (AvgIpc) is 3.26. The molecule has 32 heavy (non-hydrogen) atoms. The molecule has 0 spiro atoms. The molecule has 0 saturated carbocycles. The summed E-state index contributed by atoms with van der Waals surface area (Å²) in [4.78, 5) is 35.7. The lowest BCUT2D eigenvalue weighted by Gasteiger charge is -2.31. The number of nitrogens with zero attached hydrogens (tertiary/aromatic N) is 1. The van der Waals surface area contributed by atoms with Crippen molar-refractivity contribution < 1.29 is 23.4 Å². The number of nitrogens with one attached hydrogen (secondary N) is 1. The minimum absolute atomic E-state index is 0.138. The average molecular weight is 501 g/mol. The van der Waals surface area contributed by atoms with E-state index in [4.69, 9.17) is 18.5 Å². The second-order valence-electron chi connectivity index (χ2n) is 7.39. The van der Waals surface area contributed by atoms with Gasteiger partial charge < -0.3 is 23.4 Å². The third kappa shape index (κ3) is 6.68. The highest BCUT2D eigenvalue weighted by Crippen LogP contribution is 2.42. The number of hydrogen-bond acceptors (Lipinski definition) is 9. The van der Waals surface area contributed by atoms with Crippen LogP contribution in [0, 0.1) is 0 Å². The zero-order chi connectivity index (χ0) is 22.3. The highest BCUT2D eigenvalue weighted by Gasteiger charge is 2.32. The van der Waals surface area contributed by atoms with E-state index in [0.717, 1.165) is 11.3 Å². The molecule has 3 heterocycles. The Kier molecular flexibility index (Phi) is 8.84. The van der Waals surface area contributed by atoms with Gasteiger partial charge >= 0.3 is 14.3 Å². The standard InChI is InChI=1S/C20H25N2O7PS2/c23-18-8-9-22(20(24)21-18)19-7-6-15(28-19)11-27-30(25)29-17-13-32-31-12-16(17)26-10-14-4-2-1-3-5-14/h1-5,8-9,15-17,19,25H,6-7,10-13H2,(H,21,23,24). The van der Waals surface area contributed by atoms with Gasteiger partial charge in [0.25, 0.3) is 5.56 Å². The maximum absolute atomic E-state index is 11.9. The van der Waals surface area contributed by atoms with Crippen LogP contribution in [0.1, 0.15) is 24.6 Å². The molecule has 9 nitrogen and oxygen atoms in total. The number of rotatable bonds is 9. The van der Waals surface area contributed by atoms with Gasteiger partial charge in [0.15, 0.2) is 0 Å². The molecule has 0 radical (unpaired) electrons. The molecule has 2 aromatic rings. The Balaban J connectivity index is 1.22. The second kappa shape index (κ2) is 11.8. The fourth-order valence-corrected chi connectivity index (χ4v) is 6.77. The molecule has 0 aliphatic carbocycles. The summed E-state index contributed by atoms with van der Waals surface area (Å²) in [6, 6.07) is 11.2. The lowest BCUT2D eigenvalue weighted by atomic mass is 10.2. The first kappa shape index (κ1) is 24.0. The number of ether oxygens (including phenoxy) is 2. The van der Waals surface area contributed by atoms with Gasteiger partial charge in [0, 0.05) is 23.8 Å². The maximum atomic E-state index is 11.9. The van der Waals surface area contributed by atoms with Crippen LogP contribution in [0.15, 0.2) is 52.2 Å². The van der Waals surface area contributed by atoms with E-state index in [1.807, 2.05) is 30.3 Å². The third-order valence-corrected chi connectivity index (χ3v) is 8.35. The van der Waals surface area contributed by atoms with Crippen LogP contribution >= 0.6 is 30.2 Å². The first-order chi connectivity index (χ1) is 15.6. The lowest BCUT2D eigenvalue weighted by Crippen LogP contribution is -2.37. The molecule has 2 fully saturated rings.